The molecule has 9 heteroatoms. The molecule has 7 nitrogen and oxygen atoms in total. The Kier molecular flexibility index (Phi) is 10.2. The maximum absolute atomic E-state index is 11.6. The van der Waals surface area contributed by atoms with Gasteiger partial charge >= 0.3 is 29.6 Å². The zero-order valence-electron chi connectivity index (χ0n) is 13.4. The smallest absolute Gasteiger partial charge is 0.745 e. The van der Waals surface area contributed by atoms with E-state index in [-0.39, 0.29) is 42.1 Å². The summed E-state index contributed by atoms with van der Waals surface area (Å²) in [4.78, 5) is 8.89. The van der Waals surface area contributed by atoms with Crippen molar-refractivity contribution in [1.82, 2.24) is 5.32 Å². The average Bonchev–Trinajstić information content (AvgIpc) is 2.49. The van der Waals surface area contributed by atoms with E-state index in [0.29, 0.717) is 19.4 Å². The van der Waals surface area contributed by atoms with E-state index in [1.54, 1.807) is 6.08 Å². The monoisotopic (exact) mass is 353 g/mol. The molecule has 23 heavy (non-hydrogen) atoms. The maximum atomic E-state index is 11.6. The number of amides is 1. The summed E-state index contributed by atoms with van der Waals surface area (Å²) in [5.41, 5.74) is 0. The molecule has 1 amide bonds. The Morgan fingerprint density at radius 3 is 2.70 bits per heavy atom. The molecule has 1 aliphatic rings. The van der Waals surface area contributed by atoms with Gasteiger partial charge in [-0.1, -0.05) is 24.8 Å². The van der Waals surface area contributed by atoms with Crippen LogP contribution < -0.4 is 34.9 Å². The van der Waals surface area contributed by atoms with Gasteiger partial charge in [0.15, 0.2) is 0 Å². The van der Waals surface area contributed by atoms with Crippen molar-refractivity contribution in [2.45, 2.75) is 23.9 Å². The summed E-state index contributed by atoms with van der Waals surface area (Å²) in [5, 5.41) is 2.59. The summed E-state index contributed by atoms with van der Waals surface area (Å²) < 4.78 is 45.3. The fourth-order valence-electron chi connectivity index (χ4n) is 2.00. The Balaban J connectivity index is 0.00000484. The second-order valence-electron chi connectivity index (χ2n) is 4.63. The van der Waals surface area contributed by atoms with E-state index in [0.717, 1.165) is 6.08 Å². The first kappa shape index (κ1) is 22.5. The molecule has 1 N–H and O–H groups in total. The minimum atomic E-state index is -4.78. The van der Waals surface area contributed by atoms with Crippen LogP contribution in [-0.4, -0.2) is 50.2 Å². The topological polar surface area (TPSA) is 105 Å². The number of allylic oxidation sites excluding steroid dienone is 2. The number of carbonyl (C=O) groups is 1. The molecule has 0 aromatic rings. The number of hydrogen-bond donors (Lipinski definition) is 1. The van der Waals surface area contributed by atoms with Crippen molar-refractivity contribution in [2.75, 3.05) is 20.3 Å². The molecule has 0 aliphatic heterocycles. The third-order valence-electron chi connectivity index (χ3n) is 3.15. The largest absolute Gasteiger partial charge is 1.00 e. The predicted octanol–water partition coefficient (Wildman–Crippen LogP) is -2.53. The summed E-state index contributed by atoms with van der Waals surface area (Å²) in [6.45, 7) is 3.78. The Morgan fingerprint density at radius 1 is 1.43 bits per heavy atom. The second kappa shape index (κ2) is 10.4. The van der Waals surface area contributed by atoms with Gasteiger partial charge in [0.25, 0.3) is 0 Å². The van der Waals surface area contributed by atoms with Crippen LogP contribution in [0.3, 0.4) is 0 Å². The molecular formula is C14H20NNaO6S. The van der Waals surface area contributed by atoms with E-state index in [2.05, 4.69) is 11.9 Å². The summed E-state index contributed by atoms with van der Waals surface area (Å²) in [7, 11) is -3.47. The van der Waals surface area contributed by atoms with Crippen molar-refractivity contribution < 1.29 is 56.8 Å². The molecule has 0 radical (unpaired) electrons. The van der Waals surface area contributed by atoms with Gasteiger partial charge in [-0.25, -0.2) is 8.42 Å². The van der Waals surface area contributed by atoms with Gasteiger partial charge in [0.1, 0.15) is 16.2 Å². The molecule has 0 aromatic heterocycles. The van der Waals surface area contributed by atoms with Gasteiger partial charge in [-0.2, -0.15) is 0 Å². The average molecular weight is 353 g/mol. The van der Waals surface area contributed by atoms with Crippen molar-refractivity contribution in [2.24, 2.45) is 0 Å². The van der Waals surface area contributed by atoms with Crippen LogP contribution in [0, 0.1) is 0 Å². The number of rotatable bonds is 9. The zero-order valence-corrected chi connectivity index (χ0v) is 16.2. The number of hydrogen-bond acceptors (Lipinski definition) is 6. The molecule has 2 atom stereocenters. The van der Waals surface area contributed by atoms with E-state index in [1.165, 1.54) is 25.3 Å². The van der Waals surface area contributed by atoms with Crippen LogP contribution in [0.5, 0.6) is 0 Å². The minimum absolute atomic E-state index is 0. The fourth-order valence-corrected chi connectivity index (χ4v) is 2.93. The van der Waals surface area contributed by atoms with Crippen molar-refractivity contribution in [3.8, 4) is 0 Å². The summed E-state index contributed by atoms with van der Waals surface area (Å²) in [5.74, 6) is -0.278. The van der Waals surface area contributed by atoms with Crippen LogP contribution in [0.2, 0.25) is 0 Å². The standard InChI is InChI=1S/C14H21NO6S.Na/c1-3-13(16)15-10-6-7-11-21-14(22(17,18)19)9-5-4-8-12(14)20-2;/h3-5,8-9,12H,1,6-7,10-11H2,2H3,(H,15,16)(H,17,18,19);/q;+1/p-1. The van der Waals surface area contributed by atoms with Crippen molar-refractivity contribution in [1.29, 1.82) is 0 Å². The molecule has 0 saturated carbocycles. The number of ether oxygens (including phenoxy) is 2. The minimum Gasteiger partial charge on any atom is -0.745 e. The van der Waals surface area contributed by atoms with Crippen LogP contribution in [0.15, 0.2) is 37.0 Å². The molecule has 0 heterocycles. The summed E-state index contributed by atoms with van der Waals surface area (Å²) in [6.07, 6.45) is 6.90. The molecule has 0 saturated heterocycles. The van der Waals surface area contributed by atoms with E-state index < -0.39 is 21.2 Å². The number of unbranched alkanes of at least 4 members (excludes halogenated alkanes) is 1. The second-order valence-corrected chi connectivity index (χ2v) is 6.17. The van der Waals surface area contributed by atoms with Gasteiger partial charge in [-0.15, -0.1) is 0 Å². The van der Waals surface area contributed by atoms with Gasteiger partial charge in [-0.05, 0) is 25.0 Å². The molecule has 2 unspecified atom stereocenters. The predicted molar refractivity (Wildman–Crippen MR) is 79.9 cm³/mol. The van der Waals surface area contributed by atoms with Gasteiger partial charge in [0, 0.05) is 20.3 Å². The number of methoxy groups -OCH3 is 1. The van der Waals surface area contributed by atoms with E-state index >= 15 is 0 Å². The van der Waals surface area contributed by atoms with E-state index in [9.17, 15) is 17.8 Å². The Morgan fingerprint density at radius 2 is 2.13 bits per heavy atom. The Bertz CT molecular complexity index is 560. The van der Waals surface area contributed by atoms with E-state index in [4.69, 9.17) is 9.47 Å². The van der Waals surface area contributed by atoms with Crippen LogP contribution in [0.4, 0.5) is 0 Å². The van der Waals surface area contributed by atoms with Crippen LogP contribution in [0.1, 0.15) is 12.8 Å². The van der Waals surface area contributed by atoms with Crippen LogP contribution >= 0.6 is 0 Å². The van der Waals surface area contributed by atoms with Crippen LogP contribution in [0.25, 0.3) is 0 Å². The normalized spacial score (nSPS) is 23.1. The fraction of sp³-hybridized carbons (Fsp3) is 0.500. The number of carbonyl (C=O) groups excluding carboxylic acids is 1. The Labute approximate surface area is 158 Å². The van der Waals surface area contributed by atoms with Crippen molar-refractivity contribution >= 4 is 16.0 Å². The summed E-state index contributed by atoms with van der Waals surface area (Å²) >= 11 is 0. The van der Waals surface area contributed by atoms with Crippen molar-refractivity contribution in [3.63, 3.8) is 0 Å². The third-order valence-corrected chi connectivity index (χ3v) is 4.42. The molecule has 0 aromatic carbocycles. The maximum Gasteiger partial charge on any atom is 1.00 e. The molecule has 0 fully saturated rings. The van der Waals surface area contributed by atoms with Crippen LogP contribution in [-0.2, 0) is 24.4 Å². The SMILES string of the molecule is C=CC(=O)NCCCCOC1(S(=O)(=O)[O-])C=CC=CC1OC.[Na+]. The van der Waals surface area contributed by atoms with Crippen molar-refractivity contribution in [3.05, 3.63) is 37.0 Å². The van der Waals surface area contributed by atoms with Gasteiger partial charge in [0.05, 0.1) is 0 Å². The Hall–Kier alpha value is -0.480. The number of nitrogens with one attached hydrogen (secondary N) is 1. The van der Waals surface area contributed by atoms with Gasteiger partial charge in [0.2, 0.25) is 10.8 Å². The van der Waals surface area contributed by atoms with Gasteiger partial charge in [-0.3, -0.25) is 4.79 Å². The zero-order chi connectivity index (χ0) is 16.6. The molecule has 124 valence electrons. The first-order valence-electron chi connectivity index (χ1n) is 6.76. The molecule has 1 rings (SSSR count). The molecular weight excluding hydrogens is 333 g/mol. The van der Waals surface area contributed by atoms with E-state index in [1.807, 2.05) is 0 Å². The molecule has 0 spiro atoms. The molecule has 1 aliphatic carbocycles. The first-order valence-corrected chi connectivity index (χ1v) is 8.16. The third kappa shape index (κ3) is 6.15. The quantitative estimate of drug-likeness (QED) is 0.212. The first-order chi connectivity index (χ1) is 10.4. The molecule has 0 bridgehead atoms. The summed E-state index contributed by atoms with van der Waals surface area (Å²) in [6, 6.07) is 0. The van der Waals surface area contributed by atoms with Gasteiger partial charge < -0.3 is 19.3 Å².